The van der Waals surface area contributed by atoms with Gasteiger partial charge in [0.2, 0.25) is 0 Å². The first-order valence-electron chi connectivity index (χ1n) is 10.7. The largest absolute Gasteiger partial charge is 0.334 e. The first-order chi connectivity index (χ1) is 15.7. The summed E-state index contributed by atoms with van der Waals surface area (Å²) < 4.78 is 0. The lowest BCUT2D eigenvalue weighted by Gasteiger charge is -2.29. The standard InChI is InChI=1S/C26H23N3O2S/c30-25(24-11-5-15-32-24)29-14-4-9-19-16-21(12-13-23(19)29)28-26(31)27-17-20-8-3-7-18-6-1-2-10-22(18)20/h1-3,5-8,10-13,15-16H,4,9,14,17H2,(H2,27,28,31). The van der Waals surface area contributed by atoms with E-state index in [1.54, 1.807) is 0 Å². The third-order valence-electron chi connectivity index (χ3n) is 5.75. The summed E-state index contributed by atoms with van der Waals surface area (Å²) in [6, 6.07) is 23.5. The summed E-state index contributed by atoms with van der Waals surface area (Å²) >= 11 is 1.46. The van der Waals surface area contributed by atoms with E-state index in [2.05, 4.69) is 28.8 Å². The van der Waals surface area contributed by atoms with Gasteiger partial charge in [-0.2, -0.15) is 0 Å². The van der Waals surface area contributed by atoms with Crippen LogP contribution in [-0.4, -0.2) is 18.5 Å². The molecule has 0 unspecified atom stereocenters. The summed E-state index contributed by atoms with van der Waals surface area (Å²) in [5.74, 6) is 0.0366. The van der Waals surface area contributed by atoms with Crippen LogP contribution in [0, 0.1) is 0 Å². The Balaban J connectivity index is 1.27. The van der Waals surface area contributed by atoms with Crippen LogP contribution in [0.1, 0.15) is 27.2 Å². The number of hydrogen-bond donors (Lipinski definition) is 2. The molecule has 4 aromatic rings. The van der Waals surface area contributed by atoms with E-state index in [0.29, 0.717) is 13.1 Å². The van der Waals surface area contributed by atoms with Crippen LogP contribution in [0.4, 0.5) is 16.2 Å². The fourth-order valence-electron chi connectivity index (χ4n) is 4.22. The van der Waals surface area contributed by atoms with Gasteiger partial charge in [0.15, 0.2) is 0 Å². The van der Waals surface area contributed by atoms with E-state index >= 15 is 0 Å². The van der Waals surface area contributed by atoms with Crippen molar-refractivity contribution in [3.63, 3.8) is 0 Å². The van der Waals surface area contributed by atoms with E-state index in [4.69, 9.17) is 0 Å². The molecule has 1 aliphatic rings. The van der Waals surface area contributed by atoms with Gasteiger partial charge in [-0.05, 0) is 64.4 Å². The highest BCUT2D eigenvalue weighted by atomic mass is 32.1. The first-order valence-corrected chi connectivity index (χ1v) is 11.6. The van der Waals surface area contributed by atoms with Gasteiger partial charge in [0.25, 0.3) is 5.91 Å². The Bertz CT molecular complexity index is 1280. The number of carbonyl (C=O) groups excluding carboxylic acids is 2. The molecule has 0 fully saturated rings. The van der Waals surface area contributed by atoms with E-state index in [1.165, 1.54) is 11.3 Å². The zero-order valence-electron chi connectivity index (χ0n) is 17.5. The number of nitrogens with one attached hydrogen (secondary N) is 2. The molecule has 2 N–H and O–H groups in total. The molecule has 0 spiro atoms. The summed E-state index contributed by atoms with van der Waals surface area (Å²) in [7, 11) is 0. The molecule has 0 bridgehead atoms. The van der Waals surface area contributed by atoms with Crippen LogP contribution in [0.25, 0.3) is 10.8 Å². The van der Waals surface area contributed by atoms with Gasteiger partial charge in [-0.3, -0.25) is 4.79 Å². The third kappa shape index (κ3) is 4.09. The Kier molecular flexibility index (Phi) is 5.60. The van der Waals surface area contributed by atoms with Crippen molar-refractivity contribution in [3.05, 3.63) is 94.2 Å². The molecule has 3 amide bonds. The first kappa shape index (κ1) is 20.3. The van der Waals surface area contributed by atoms with Gasteiger partial charge >= 0.3 is 6.03 Å². The number of aryl methyl sites for hydroxylation is 1. The SMILES string of the molecule is O=C(NCc1cccc2ccccc12)Nc1ccc2c(c1)CCCN2C(=O)c1cccs1. The minimum absolute atomic E-state index is 0.0366. The lowest BCUT2D eigenvalue weighted by atomic mass is 10.0. The normalized spacial score (nSPS) is 12.9. The molecule has 5 rings (SSSR count). The lowest BCUT2D eigenvalue weighted by Crippen LogP contribution is -2.35. The smallest absolute Gasteiger partial charge is 0.319 e. The number of benzene rings is 3. The number of rotatable bonds is 4. The second-order valence-electron chi connectivity index (χ2n) is 7.83. The van der Waals surface area contributed by atoms with E-state index < -0.39 is 0 Å². The maximum Gasteiger partial charge on any atom is 0.319 e. The van der Waals surface area contributed by atoms with Crippen molar-refractivity contribution in [3.8, 4) is 0 Å². The van der Waals surface area contributed by atoms with Crippen LogP contribution in [0.2, 0.25) is 0 Å². The van der Waals surface area contributed by atoms with Crippen molar-refractivity contribution in [2.24, 2.45) is 0 Å². The lowest BCUT2D eigenvalue weighted by molar-refractivity contribution is 0.0989. The number of urea groups is 1. The van der Waals surface area contributed by atoms with Crippen molar-refractivity contribution in [2.45, 2.75) is 19.4 Å². The molecule has 0 aliphatic carbocycles. The highest BCUT2D eigenvalue weighted by Crippen LogP contribution is 2.31. The molecule has 160 valence electrons. The van der Waals surface area contributed by atoms with Crippen LogP contribution in [0.15, 0.2) is 78.2 Å². The summed E-state index contributed by atoms with van der Waals surface area (Å²) in [4.78, 5) is 28.0. The molecular weight excluding hydrogens is 418 g/mol. The molecule has 1 aliphatic heterocycles. The summed E-state index contributed by atoms with van der Waals surface area (Å²) in [5, 5.41) is 10.1. The van der Waals surface area contributed by atoms with Gasteiger partial charge in [-0.15, -0.1) is 11.3 Å². The van der Waals surface area contributed by atoms with Gasteiger partial charge in [-0.1, -0.05) is 48.5 Å². The molecule has 3 aromatic carbocycles. The fraction of sp³-hybridized carbons (Fsp3) is 0.154. The topological polar surface area (TPSA) is 61.4 Å². The van der Waals surface area contributed by atoms with Crippen molar-refractivity contribution in [1.82, 2.24) is 5.32 Å². The second-order valence-corrected chi connectivity index (χ2v) is 8.77. The van der Waals surface area contributed by atoms with E-state index in [9.17, 15) is 9.59 Å². The Morgan fingerprint density at radius 2 is 1.84 bits per heavy atom. The minimum Gasteiger partial charge on any atom is -0.334 e. The second kappa shape index (κ2) is 8.85. The molecular formula is C26H23N3O2S. The summed E-state index contributed by atoms with van der Waals surface area (Å²) in [5.41, 5.74) is 3.81. The van der Waals surface area contributed by atoms with Crippen LogP contribution >= 0.6 is 11.3 Å². The highest BCUT2D eigenvalue weighted by molar-refractivity contribution is 7.12. The molecule has 0 atom stereocenters. The van der Waals surface area contributed by atoms with Crippen LogP contribution < -0.4 is 15.5 Å². The van der Waals surface area contributed by atoms with Crippen molar-refractivity contribution in [1.29, 1.82) is 0 Å². The summed E-state index contributed by atoms with van der Waals surface area (Å²) in [6.07, 6.45) is 1.79. The van der Waals surface area contributed by atoms with Gasteiger partial charge < -0.3 is 15.5 Å². The number of fused-ring (bicyclic) bond motifs is 2. The molecule has 5 nitrogen and oxygen atoms in total. The molecule has 32 heavy (non-hydrogen) atoms. The molecule has 0 saturated carbocycles. The molecule has 0 saturated heterocycles. The number of carbonyl (C=O) groups is 2. The Hall–Kier alpha value is -3.64. The number of amides is 3. The predicted octanol–water partition coefficient (Wildman–Crippen LogP) is 5.82. The van der Waals surface area contributed by atoms with Crippen molar-refractivity contribution >= 4 is 45.4 Å². The van der Waals surface area contributed by atoms with Gasteiger partial charge in [-0.25, -0.2) is 4.79 Å². The highest BCUT2D eigenvalue weighted by Gasteiger charge is 2.24. The summed E-state index contributed by atoms with van der Waals surface area (Å²) in [6.45, 7) is 1.16. The average Bonchev–Trinajstić information content (AvgIpc) is 3.37. The van der Waals surface area contributed by atoms with Crippen LogP contribution in [0.5, 0.6) is 0 Å². The number of hydrogen-bond acceptors (Lipinski definition) is 3. The quantitative estimate of drug-likeness (QED) is 0.419. The zero-order valence-corrected chi connectivity index (χ0v) is 18.3. The van der Waals surface area contributed by atoms with Crippen molar-refractivity contribution < 1.29 is 9.59 Å². The van der Waals surface area contributed by atoms with E-state index in [0.717, 1.165) is 51.0 Å². The molecule has 0 radical (unpaired) electrons. The van der Waals surface area contributed by atoms with Gasteiger partial charge in [0.05, 0.1) is 4.88 Å². The maximum absolute atomic E-state index is 12.9. The van der Waals surface area contributed by atoms with Crippen LogP contribution in [-0.2, 0) is 13.0 Å². The number of anilines is 2. The predicted molar refractivity (Wildman–Crippen MR) is 131 cm³/mol. The minimum atomic E-state index is -0.250. The molecule has 6 heteroatoms. The zero-order chi connectivity index (χ0) is 21.9. The Labute approximate surface area is 190 Å². The van der Waals surface area contributed by atoms with Gasteiger partial charge in [0, 0.05) is 24.5 Å². The third-order valence-corrected chi connectivity index (χ3v) is 6.61. The average molecular weight is 442 g/mol. The van der Waals surface area contributed by atoms with E-state index in [-0.39, 0.29) is 11.9 Å². The maximum atomic E-state index is 12.9. The monoisotopic (exact) mass is 441 g/mol. The molecule has 2 heterocycles. The Morgan fingerprint density at radius 1 is 0.969 bits per heavy atom. The van der Waals surface area contributed by atoms with Gasteiger partial charge in [0.1, 0.15) is 0 Å². The Morgan fingerprint density at radius 3 is 2.72 bits per heavy atom. The fourth-order valence-corrected chi connectivity index (χ4v) is 4.89. The number of thiophene rings is 1. The van der Waals surface area contributed by atoms with Crippen LogP contribution in [0.3, 0.4) is 0 Å². The number of nitrogens with zero attached hydrogens (tertiary/aromatic N) is 1. The van der Waals surface area contributed by atoms with E-state index in [1.807, 2.05) is 64.9 Å². The van der Waals surface area contributed by atoms with Crippen molar-refractivity contribution in [2.75, 3.05) is 16.8 Å². The molecule has 1 aromatic heterocycles.